The van der Waals surface area contributed by atoms with Gasteiger partial charge in [0.25, 0.3) is 5.91 Å². The van der Waals surface area contributed by atoms with Crippen LogP contribution in [0.5, 0.6) is 5.75 Å². The SMILES string of the molecule is CCCOc1ccc(C2C(C(=O)Nc3cccc(C)c3)=C(C)Nc3nc(SCc4ccccc4Cl)nn32)cc1. The van der Waals surface area contributed by atoms with Gasteiger partial charge < -0.3 is 15.4 Å². The first-order valence-corrected chi connectivity index (χ1v) is 14.2. The Labute approximate surface area is 237 Å². The molecule has 0 spiro atoms. The second-order valence-corrected chi connectivity index (χ2v) is 10.7. The molecule has 1 amide bonds. The molecular weight excluding hydrogens is 530 g/mol. The topological polar surface area (TPSA) is 81.1 Å². The minimum absolute atomic E-state index is 0.201. The molecule has 1 aliphatic rings. The van der Waals surface area contributed by atoms with Crippen LogP contribution >= 0.6 is 23.4 Å². The number of rotatable bonds is 9. The van der Waals surface area contributed by atoms with E-state index in [0.29, 0.717) is 34.1 Å². The molecule has 5 rings (SSSR count). The maximum atomic E-state index is 13.7. The fourth-order valence-electron chi connectivity index (χ4n) is 4.44. The van der Waals surface area contributed by atoms with Crippen molar-refractivity contribution in [3.63, 3.8) is 0 Å². The summed E-state index contributed by atoms with van der Waals surface area (Å²) in [6.07, 6.45) is 0.929. The number of carbonyl (C=O) groups excluding carboxylic acids is 1. The molecule has 2 N–H and O–H groups in total. The Hall–Kier alpha value is -3.75. The molecule has 7 nitrogen and oxygen atoms in total. The molecule has 1 aliphatic heterocycles. The van der Waals surface area contributed by atoms with Gasteiger partial charge in [0.15, 0.2) is 0 Å². The van der Waals surface area contributed by atoms with E-state index in [1.165, 1.54) is 11.8 Å². The summed E-state index contributed by atoms with van der Waals surface area (Å²) in [6.45, 7) is 6.61. The molecule has 0 aliphatic carbocycles. The molecule has 0 bridgehead atoms. The number of aryl methyl sites for hydroxylation is 1. The molecule has 1 aromatic heterocycles. The van der Waals surface area contributed by atoms with Gasteiger partial charge in [-0.15, -0.1) is 5.10 Å². The lowest BCUT2D eigenvalue weighted by atomic mass is 9.95. The summed E-state index contributed by atoms with van der Waals surface area (Å²) in [4.78, 5) is 18.5. The average Bonchev–Trinajstić information content (AvgIpc) is 3.33. The van der Waals surface area contributed by atoms with Gasteiger partial charge in [-0.1, -0.05) is 72.8 Å². The van der Waals surface area contributed by atoms with Crippen LogP contribution in [0.15, 0.2) is 89.2 Å². The van der Waals surface area contributed by atoms with E-state index >= 15 is 0 Å². The predicted octanol–water partition coefficient (Wildman–Crippen LogP) is 7.25. The quantitative estimate of drug-likeness (QED) is 0.210. The van der Waals surface area contributed by atoms with Crippen LogP contribution in [0.2, 0.25) is 5.02 Å². The Balaban J connectivity index is 1.48. The summed E-state index contributed by atoms with van der Waals surface area (Å²) in [6, 6.07) is 22.9. The number of amides is 1. The van der Waals surface area contributed by atoms with Crippen molar-refractivity contribution in [2.45, 2.75) is 44.1 Å². The van der Waals surface area contributed by atoms with Crippen molar-refractivity contribution < 1.29 is 9.53 Å². The number of hydrogen-bond donors (Lipinski definition) is 2. The second kappa shape index (κ2) is 12.0. The van der Waals surface area contributed by atoms with Gasteiger partial charge in [-0.05, 0) is 67.3 Å². The molecular formula is C30H30ClN5O2S. The fourth-order valence-corrected chi connectivity index (χ4v) is 5.55. The van der Waals surface area contributed by atoms with Gasteiger partial charge in [-0.2, -0.15) is 4.98 Å². The molecule has 2 heterocycles. The minimum Gasteiger partial charge on any atom is -0.494 e. The third-order valence-electron chi connectivity index (χ3n) is 6.34. The Morgan fingerprint density at radius 1 is 1.10 bits per heavy atom. The van der Waals surface area contributed by atoms with Crippen LogP contribution in [0.25, 0.3) is 0 Å². The largest absolute Gasteiger partial charge is 0.494 e. The van der Waals surface area contributed by atoms with Crippen molar-refractivity contribution in [3.05, 3.63) is 106 Å². The van der Waals surface area contributed by atoms with E-state index in [0.717, 1.165) is 40.2 Å². The maximum absolute atomic E-state index is 13.7. The Morgan fingerprint density at radius 2 is 1.90 bits per heavy atom. The first-order valence-electron chi connectivity index (χ1n) is 12.8. The van der Waals surface area contributed by atoms with E-state index in [9.17, 15) is 4.79 Å². The number of thioether (sulfide) groups is 1. The van der Waals surface area contributed by atoms with Crippen molar-refractivity contribution in [2.24, 2.45) is 0 Å². The maximum Gasteiger partial charge on any atom is 0.255 e. The van der Waals surface area contributed by atoms with E-state index < -0.39 is 6.04 Å². The van der Waals surface area contributed by atoms with Gasteiger partial charge in [0.05, 0.1) is 12.2 Å². The predicted molar refractivity (Wildman–Crippen MR) is 158 cm³/mol. The smallest absolute Gasteiger partial charge is 0.255 e. The minimum atomic E-state index is -0.478. The van der Waals surface area contributed by atoms with Gasteiger partial charge >= 0.3 is 0 Å². The van der Waals surface area contributed by atoms with E-state index in [-0.39, 0.29) is 5.91 Å². The normalized spacial score (nSPS) is 14.5. The van der Waals surface area contributed by atoms with E-state index in [1.807, 2.05) is 86.6 Å². The summed E-state index contributed by atoms with van der Waals surface area (Å²) >= 11 is 7.85. The van der Waals surface area contributed by atoms with Gasteiger partial charge in [0.2, 0.25) is 11.1 Å². The second-order valence-electron chi connectivity index (χ2n) is 9.35. The summed E-state index contributed by atoms with van der Waals surface area (Å²) < 4.78 is 7.57. The van der Waals surface area contributed by atoms with E-state index in [4.69, 9.17) is 26.4 Å². The zero-order chi connectivity index (χ0) is 27.4. The summed E-state index contributed by atoms with van der Waals surface area (Å²) in [5, 5.41) is 12.5. The van der Waals surface area contributed by atoms with Crippen LogP contribution in [0.4, 0.5) is 11.6 Å². The lowest BCUT2D eigenvalue weighted by Gasteiger charge is -2.28. The molecule has 0 radical (unpaired) electrons. The Bertz CT molecular complexity index is 1520. The van der Waals surface area contributed by atoms with Gasteiger partial charge in [0.1, 0.15) is 11.8 Å². The van der Waals surface area contributed by atoms with Crippen molar-refractivity contribution >= 4 is 40.9 Å². The van der Waals surface area contributed by atoms with Crippen molar-refractivity contribution in [2.75, 3.05) is 17.2 Å². The molecule has 3 aromatic carbocycles. The molecule has 1 atom stereocenters. The number of aromatic nitrogens is 3. The fraction of sp³-hybridized carbons (Fsp3) is 0.233. The van der Waals surface area contributed by atoms with Crippen molar-refractivity contribution in [1.29, 1.82) is 0 Å². The number of hydrogen-bond acceptors (Lipinski definition) is 6. The first-order chi connectivity index (χ1) is 18.9. The first kappa shape index (κ1) is 26.8. The Kier molecular flexibility index (Phi) is 8.24. The van der Waals surface area contributed by atoms with E-state index in [2.05, 4.69) is 17.6 Å². The van der Waals surface area contributed by atoms with Crippen LogP contribution in [-0.4, -0.2) is 27.3 Å². The van der Waals surface area contributed by atoms with Crippen LogP contribution < -0.4 is 15.4 Å². The molecule has 200 valence electrons. The average molecular weight is 560 g/mol. The highest BCUT2D eigenvalue weighted by Crippen LogP contribution is 2.38. The molecule has 9 heteroatoms. The van der Waals surface area contributed by atoms with Crippen molar-refractivity contribution in [1.82, 2.24) is 14.8 Å². The van der Waals surface area contributed by atoms with Crippen LogP contribution in [-0.2, 0) is 10.5 Å². The zero-order valence-electron chi connectivity index (χ0n) is 22.1. The zero-order valence-corrected chi connectivity index (χ0v) is 23.6. The summed E-state index contributed by atoms with van der Waals surface area (Å²) in [5.41, 5.74) is 5.01. The number of fused-ring (bicyclic) bond motifs is 1. The molecule has 0 saturated heterocycles. The molecule has 4 aromatic rings. The summed E-state index contributed by atoms with van der Waals surface area (Å²) in [7, 11) is 0. The number of nitrogens with zero attached hydrogens (tertiary/aromatic N) is 3. The monoisotopic (exact) mass is 559 g/mol. The molecule has 1 unspecified atom stereocenters. The lowest BCUT2D eigenvalue weighted by molar-refractivity contribution is -0.113. The van der Waals surface area contributed by atoms with E-state index in [1.54, 1.807) is 4.68 Å². The number of allylic oxidation sites excluding steroid dienone is 1. The van der Waals surface area contributed by atoms with Crippen LogP contribution in [0.1, 0.15) is 43.0 Å². The third-order valence-corrected chi connectivity index (χ3v) is 7.59. The molecule has 0 fully saturated rings. The van der Waals surface area contributed by atoms with Gasteiger partial charge in [0, 0.05) is 22.2 Å². The lowest BCUT2D eigenvalue weighted by Crippen LogP contribution is -2.31. The van der Waals surface area contributed by atoms with Crippen LogP contribution in [0, 0.1) is 6.92 Å². The number of nitrogens with one attached hydrogen (secondary N) is 2. The highest BCUT2D eigenvalue weighted by molar-refractivity contribution is 7.98. The Morgan fingerprint density at radius 3 is 2.64 bits per heavy atom. The van der Waals surface area contributed by atoms with Crippen LogP contribution in [0.3, 0.4) is 0 Å². The highest BCUT2D eigenvalue weighted by atomic mass is 35.5. The standard InChI is InChI=1S/C30H30ClN5O2S/c1-4-16-38-24-14-12-21(13-15-24)27-26(28(37)33-23-10-7-8-19(2)17-23)20(3)32-29-34-30(35-36(27)29)39-18-22-9-5-6-11-25(22)31/h5-15,17,27H,4,16,18H2,1-3H3,(H,33,37)(H,32,34,35). The summed E-state index contributed by atoms with van der Waals surface area (Å²) in [5.74, 6) is 1.80. The third kappa shape index (κ3) is 6.13. The number of ether oxygens (including phenoxy) is 1. The number of benzene rings is 3. The molecule has 39 heavy (non-hydrogen) atoms. The van der Waals surface area contributed by atoms with Gasteiger partial charge in [-0.3, -0.25) is 4.79 Å². The number of anilines is 2. The number of carbonyl (C=O) groups is 1. The number of halogens is 1. The van der Waals surface area contributed by atoms with Gasteiger partial charge in [-0.25, -0.2) is 4.68 Å². The molecule has 0 saturated carbocycles. The van der Waals surface area contributed by atoms with Crippen molar-refractivity contribution in [3.8, 4) is 5.75 Å². The highest BCUT2D eigenvalue weighted by Gasteiger charge is 2.34.